The summed E-state index contributed by atoms with van der Waals surface area (Å²) < 4.78 is 10.8. The smallest absolute Gasteiger partial charge is 0.119 e. The molecule has 1 saturated heterocycles. The molecule has 0 bridgehead atoms. The van der Waals surface area contributed by atoms with E-state index in [2.05, 4.69) is 6.07 Å². The number of ether oxygens (including phenoxy) is 2. The van der Waals surface area contributed by atoms with Crippen molar-refractivity contribution in [2.24, 2.45) is 5.41 Å². The van der Waals surface area contributed by atoms with Crippen molar-refractivity contribution in [3.05, 3.63) is 29.8 Å². The first-order valence-electron chi connectivity index (χ1n) is 6.05. The van der Waals surface area contributed by atoms with Crippen LogP contribution in [-0.2, 0) is 11.2 Å². The maximum Gasteiger partial charge on any atom is 0.119 e. The van der Waals surface area contributed by atoms with Crippen molar-refractivity contribution in [2.45, 2.75) is 25.9 Å². The van der Waals surface area contributed by atoms with Crippen molar-refractivity contribution in [3.63, 3.8) is 0 Å². The molecule has 1 aliphatic rings. The third-order valence-electron chi connectivity index (χ3n) is 3.84. The largest absolute Gasteiger partial charge is 0.497 e. The number of benzene rings is 1. The highest BCUT2D eigenvalue weighted by Crippen LogP contribution is 2.38. The van der Waals surface area contributed by atoms with Crippen LogP contribution in [0.5, 0.6) is 5.75 Å². The third kappa shape index (κ3) is 2.45. The van der Waals surface area contributed by atoms with Gasteiger partial charge >= 0.3 is 0 Å². The summed E-state index contributed by atoms with van der Waals surface area (Å²) in [5, 5.41) is 9.66. The lowest BCUT2D eigenvalue weighted by Gasteiger charge is -2.30. The summed E-state index contributed by atoms with van der Waals surface area (Å²) in [6.45, 7) is 2.96. The Morgan fingerprint density at radius 1 is 1.53 bits per heavy atom. The predicted molar refractivity (Wildman–Crippen MR) is 66.2 cm³/mol. The summed E-state index contributed by atoms with van der Waals surface area (Å²) in [6.07, 6.45) is 1.86. The first kappa shape index (κ1) is 12.4. The fourth-order valence-electron chi connectivity index (χ4n) is 2.50. The van der Waals surface area contributed by atoms with Crippen LogP contribution in [0.4, 0.5) is 0 Å². The molecule has 1 aromatic rings. The molecule has 2 unspecified atom stereocenters. The lowest BCUT2D eigenvalue weighted by molar-refractivity contribution is 0.0272. The van der Waals surface area contributed by atoms with Crippen molar-refractivity contribution in [2.75, 3.05) is 20.3 Å². The van der Waals surface area contributed by atoms with Gasteiger partial charge in [0, 0.05) is 12.0 Å². The molecular formula is C14H20O3. The van der Waals surface area contributed by atoms with Crippen LogP contribution in [0.1, 0.15) is 18.9 Å². The Morgan fingerprint density at radius 2 is 2.35 bits per heavy atom. The molecule has 0 aliphatic carbocycles. The van der Waals surface area contributed by atoms with E-state index in [-0.39, 0.29) is 18.1 Å². The Bertz CT molecular complexity index is 377. The van der Waals surface area contributed by atoms with E-state index in [4.69, 9.17) is 9.47 Å². The van der Waals surface area contributed by atoms with E-state index in [1.165, 1.54) is 5.56 Å². The molecule has 17 heavy (non-hydrogen) atoms. The molecular weight excluding hydrogens is 216 g/mol. The molecule has 0 spiro atoms. The van der Waals surface area contributed by atoms with Crippen molar-refractivity contribution < 1.29 is 14.6 Å². The van der Waals surface area contributed by atoms with Crippen LogP contribution >= 0.6 is 0 Å². The van der Waals surface area contributed by atoms with Crippen molar-refractivity contribution >= 4 is 0 Å². The van der Waals surface area contributed by atoms with Gasteiger partial charge in [-0.3, -0.25) is 0 Å². The number of rotatable bonds is 4. The van der Waals surface area contributed by atoms with Crippen LogP contribution in [0.2, 0.25) is 0 Å². The Labute approximate surface area is 102 Å². The van der Waals surface area contributed by atoms with E-state index in [1.54, 1.807) is 7.11 Å². The van der Waals surface area contributed by atoms with Crippen LogP contribution in [0.15, 0.2) is 24.3 Å². The normalized spacial score (nSPS) is 28.3. The minimum atomic E-state index is -0.133. The maximum atomic E-state index is 9.66. The molecule has 1 heterocycles. The second-order valence-corrected chi connectivity index (χ2v) is 4.81. The lowest BCUT2D eigenvalue weighted by Crippen LogP contribution is -2.35. The monoisotopic (exact) mass is 236 g/mol. The van der Waals surface area contributed by atoms with Gasteiger partial charge in [-0.1, -0.05) is 12.1 Å². The van der Waals surface area contributed by atoms with Gasteiger partial charge in [-0.2, -0.15) is 0 Å². The molecule has 0 saturated carbocycles. The molecule has 3 nitrogen and oxygen atoms in total. The highest BCUT2D eigenvalue weighted by molar-refractivity contribution is 5.29. The van der Waals surface area contributed by atoms with Gasteiger partial charge in [-0.15, -0.1) is 0 Å². The Morgan fingerprint density at radius 3 is 2.94 bits per heavy atom. The second kappa shape index (κ2) is 5.07. The average molecular weight is 236 g/mol. The first-order chi connectivity index (χ1) is 8.20. The summed E-state index contributed by atoms with van der Waals surface area (Å²) in [6, 6.07) is 8.02. The summed E-state index contributed by atoms with van der Waals surface area (Å²) in [7, 11) is 1.67. The molecule has 94 valence electrons. The molecule has 1 fully saturated rings. The summed E-state index contributed by atoms with van der Waals surface area (Å²) in [5.41, 5.74) is 1.06. The Balaban J connectivity index is 2.18. The molecule has 1 N–H and O–H groups in total. The number of hydrogen-bond acceptors (Lipinski definition) is 3. The average Bonchev–Trinajstić information content (AvgIpc) is 2.71. The van der Waals surface area contributed by atoms with Crippen molar-refractivity contribution in [1.82, 2.24) is 0 Å². The van der Waals surface area contributed by atoms with E-state index in [0.717, 1.165) is 25.2 Å². The highest BCUT2D eigenvalue weighted by Gasteiger charge is 2.40. The molecule has 1 aliphatic heterocycles. The number of aliphatic hydroxyl groups excluding tert-OH is 1. The summed E-state index contributed by atoms with van der Waals surface area (Å²) >= 11 is 0. The number of aliphatic hydroxyl groups is 1. The van der Waals surface area contributed by atoms with Gasteiger partial charge < -0.3 is 14.6 Å². The minimum Gasteiger partial charge on any atom is -0.497 e. The van der Waals surface area contributed by atoms with Gasteiger partial charge in [-0.05, 0) is 37.5 Å². The van der Waals surface area contributed by atoms with Crippen LogP contribution in [0.3, 0.4) is 0 Å². The zero-order chi connectivity index (χ0) is 12.3. The minimum absolute atomic E-state index is 0.110. The molecule has 0 amide bonds. The van der Waals surface area contributed by atoms with E-state index in [9.17, 15) is 5.11 Å². The standard InChI is InChI=1S/C14H20O3/c1-11-14(10-15,6-7-17-11)9-12-4-3-5-13(8-12)16-2/h3-5,8,11,15H,6-7,9-10H2,1-2H3. The first-order valence-corrected chi connectivity index (χ1v) is 6.05. The van der Waals surface area contributed by atoms with Crippen LogP contribution < -0.4 is 4.74 Å². The van der Waals surface area contributed by atoms with E-state index < -0.39 is 0 Å². The highest BCUT2D eigenvalue weighted by atomic mass is 16.5. The quantitative estimate of drug-likeness (QED) is 0.869. The van der Waals surface area contributed by atoms with Crippen molar-refractivity contribution in [1.29, 1.82) is 0 Å². The fourth-order valence-corrected chi connectivity index (χ4v) is 2.50. The van der Waals surface area contributed by atoms with Gasteiger partial charge in [0.1, 0.15) is 5.75 Å². The van der Waals surface area contributed by atoms with Gasteiger partial charge in [0.15, 0.2) is 0 Å². The van der Waals surface area contributed by atoms with Crippen LogP contribution in [0.25, 0.3) is 0 Å². The Hall–Kier alpha value is -1.06. The van der Waals surface area contributed by atoms with Gasteiger partial charge in [0.2, 0.25) is 0 Å². The number of hydrogen-bond donors (Lipinski definition) is 1. The van der Waals surface area contributed by atoms with Crippen LogP contribution in [0, 0.1) is 5.41 Å². The van der Waals surface area contributed by atoms with E-state index in [0.29, 0.717) is 0 Å². The van der Waals surface area contributed by atoms with Gasteiger partial charge in [-0.25, -0.2) is 0 Å². The Kier molecular flexibility index (Phi) is 3.69. The zero-order valence-electron chi connectivity index (χ0n) is 10.5. The predicted octanol–water partition coefficient (Wildman–Crippen LogP) is 2.03. The lowest BCUT2D eigenvalue weighted by atomic mass is 9.77. The van der Waals surface area contributed by atoms with Crippen LogP contribution in [-0.4, -0.2) is 31.5 Å². The summed E-state index contributed by atoms with van der Waals surface area (Å²) in [5.74, 6) is 0.863. The van der Waals surface area contributed by atoms with E-state index in [1.807, 2.05) is 25.1 Å². The molecule has 2 rings (SSSR count). The molecule has 1 aromatic carbocycles. The van der Waals surface area contributed by atoms with E-state index >= 15 is 0 Å². The molecule has 0 aromatic heterocycles. The van der Waals surface area contributed by atoms with Gasteiger partial charge in [0.05, 0.1) is 19.8 Å². The fraction of sp³-hybridized carbons (Fsp3) is 0.571. The maximum absolute atomic E-state index is 9.66. The molecule has 0 radical (unpaired) electrons. The molecule has 3 heteroatoms. The topological polar surface area (TPSA) is 38.7 Å². The van der Waals surface area contributed by atoms with Gasteiger partial charge in [0.25, 0.3) is 0 Å². The summed E-state index contributed by atoms with van der Waals surface area (Å²) in [4.78, 5) is 0. The molecule has 2 atom stereocenters. The number of methoxy groups -OCH3 is 1. The SMILES string of the molecule is COc1cccc(CC2(CO)CCOC2C)c1. The van der Waals surface area contributed by atoms with Crippen molar-refractivity contribution in [3.8, 4) is 5.75 Å². The second-order valence-electron chi connectivity index (χ2n) is 4.81. The third-order valence-corrected chi connectivity index (χ3v) is 3.84. The zero-order valence-corrected chi connectivity index (χ0v) is 10.5.